The maximum atomic E-state index is 11.3. The largest absolute Gasteiger partial charge is 0.356 e. The van der Waals surface area contributed by atoms with E-state index in [9.17, 15) is 4.79 Å². The zero-order valence-electron chi connectivity index (χ0n) is 14.1. The molecule has 0 spiro atoms. The van der Waals surface area contributed by atoms with Gasteiger partial charge in [0.2, 0.25) is 5.91 Å². The molecule has 0 unspecified atom stereocenters. The van der Waals surface area contributed by atoms with Crippen molar-refractivity contribution in [3.05, 3.63) is 0 Å². The summed E-state index contributed by atoms with van der Waals surface area (Å²) in [6, 6.07) is 0.617. The van der Waals surface area contributed by atoms with E-state index in [-0.39, 0.29) is 11.8 Å². The van der Waals surface area contributed by atoms with Crippen molar-refractivity contribution in [2.45, 2.75) is 85.1 Å². The molecular formula is C17H36N2O. The number of rotatable bonds is 13. The minimum atomic E-state index is 0.111. The van der Waals surface area contributed by atoms with Crippen LogP contribution < -0.4 is 10.6 Å². The Balaban J connectivity index is 3.08. The zero-order valence-corrected chi connectivity index (χ0v) is 14.1. The van der Waals surface area contributed by atoms with E-state index >= 15 is 0 Å². The third-order valence-electron chi connectivity index (χ3n) is 3.48. The Hall–Kier alpha value is -0.570. The molecule has 0 heterocycles. The Bertz CT molecular complexity index is 227. The van der Waals surface area contributed by atoms with Crippen LogP contribution in [0.1, 0.15) is 79.1 Å². The molecule has 0 saturated heterocycles. The number of amides is 1. The van der Waals surface area contributed by atoms with Crippen molar-refractivity contribution in [3.8, 4) is 0 Å². The Kier molecular flexibility index (Phi) is 13.0. The minimum Gasteiger partial charge on any atom is -0.356 e. The molecular weight excluding hydrogens is 248 g/mol. The highest BCUT2D eigenvalue weighted by molar-refractivity contribution is 5.77. The van der Waals surface area contributed by atoms with Gasteiger partial charge in [0.15, 0.2) is 0 Å². The molecule has 2 N–H and O–H groups in total. The molecule has 0 fully saturated rings. The summed E-state index contributed by atoms with van der Waals surface area (Å²) in [5.74, 6) is 0.292. The highest BCUT2D eigenvalue weighted by Gasteiger charge is 2.04. The first-order chi connectivity index (χ1) is 9.54. The monoisotopic (exact) mass is 284 g/mol. The summed E-state index contributed by atoms with van der Waals surface area (Å²) in [5, 5.41) is 6.42. The van der Waals surface area contributed by atoms with Crippen LogP contribution >= 0.6 is 0 Å². The SMILES string of the molecule is CC(C)NCCCCCCCCCCNC(=O)C(C)C. The maximum absolute atomic E-state index is 11.3. The van der Waals surface area contributed by atoms with E-state index in [1.54, 1.807) is 0 Å². The van der Waals surface area contributed by atoms with Crippen LogP contribution in [0.3, 0.4) is 0 Å². The van der Waals surface area contributed by atoms with Crippen molar-refractivity contribution in [1.29, 1.82) is 0 Å². The third kappa shape index (κ3) is 13.9. The second kappa shape index (κ2) is 13.4. The van der Waals surface area contributed by atoms with Gasteiger partial charge in [0.25, 0.3) is 0 Å². The molecule has 3 nitrogen and oxygen atoms in total. The lowest BCUT2D eigenvalue weighted by Gasteiger charge is -2.08. The molecule has 0 aliphatic carbocycles. The second-order valence-electron chi connectivity index (χ2n) is 6.38. The number of hydrogen-bond donors (Lipinski definition) is 2. The molecule has 0 rings (SSSR count). The number of hydrogen-bond acceptors (Lipinski definition) is 2. The molecule has 0 radical (unpaired) electrons. The molecule has 0 saturated carbocycles. The van der Waals surface area contributed by atoms with Gasteiger partial charge in [0.1, 0.15) is 0 Å². The first kappa shape index (κ1) is 19.4. The lowest BCUT2D eigenvalue weighted by Crippen LogP contribution is -2.28. The van der Waals surface area contributed by atoms with Gasteiger partial charge in [-0.1, -0.05) is 66.2 Å². The van der Waals surface area contributed by atoms with Gasteiger partial charge in [-0.3, -0.25) is 4.79 Å². The van der Waals surface area contributed by atoms with Crippen molar-refractivity contribution in [3.63, 3.8) is 0 Å². The molecule has 0 aliphatic rings. The normalized spacial score (nSPS) is 11.3. The topological polar surface area (TPSA) is 41.1 Å². The average molecular weight is 284 g/mol. The molecule has 0 aromatic carbocycles. The quantitative estimate of drug-likeness (QED) is 0.504. The average Bonchev–Trinajstić information content (AvgIpc) is 2.39. The Morgan fingerprint density at radius 3 is 1.65 bits per heavy atom. The lowest BCUT2D eigenvalue weighted by molar-refractivity contribution is -0.123. The summed E-state index contributed by atoms with van der Waals surface area (Å²) in [6.45, 7) is 10.3. The van der Waals surface area contributed by atoms with Gasteiger partial charge in [-0.25, -0.2) is 0 Å². The zero-order chi connectivity index (χ0) is 15.2. The second-order valence-corrected chi connectivity index (χ2v) is 6.38. The summed E-state index contributed by atoms with van der Waals surface area (Å²) < 4.78 is 0. The van der Waals surface area contributed by atoms with Gasteiger partial charge in [-0.2, -0.15) is 0 Å². The molecule has 3 heteroatoms. The van der Waals surface area contributed by atoms with Crippen molar-refractivity contribution < 1.29 is 4.79 Å². The molecule has 0 aliphatic heterocycles. The molecule has 0 aromatic heterocycles. The van der Waals surface area contributed by atoms with Crippen LogP contribution in [-0.4, -0.2) is 25.0 Å². The molecule has 0 bridgehead atoms. The Labute approximate surface area is 126 Å². The first-order valence-corrected chi connectivity index (χ1v) is 8.55. The van der Waals surface area contributed by atoms with E-state index in [0.717, 1.165) is 19.5 Å². The number of unbranched alkanes of at least 4 members (excludes halogenated alkanes) is 7. The van der Waals surface area contributed by atoms with Gasteiger partial charge in [0.05, 0.1) is 0 Å². The Morgan fingerprint density at radius 2 is 1.20 bits per heavy atom. The summed E-state index contributed by atoms with van der Waals surface area (Å²) in [6.07, 6.45) is 10.4. The van der Waals surface area contributed by atoms with E-state index in [2.05, 4.69) is 24.5 Å². The summed E-state index contributed by atoms with van der Waals surface area (Å²) >= 11 is 0. The minimum absolute atomic E-state index is 0.111. The van der Waals surface area contributed by atoms with Crippen molar-refractivity contribution in [1.82, 2.24) is 10.6 Å². The Morgan fingerprint density at radius 1 is 0.750 bits per heavy atom. The number of nitrogens with one attached hydrogen (secondary N) is 2. The van der Waals surface area contributed by atoms with Gasteiger partial charge < -0.3 is 10.6 Å². The third-order valence-corrected chi connectivity index (χ3v) is 3.48. The van der Waals surface area contributed by atoms with E-state index < -0.39 is 0 Å². The maximum Gasteiger partial charge on any atom is 0.222 e. The van der Waals surface area contributed by atoms with Gasteiger partial charge in [0, 0.05) is 18.5 Å². The van der Waals surface area contributed by atoms with Gasteiger partial charge in [-0.05, 0) is 19.4 Å². The summed E-state index contributed by atoms with van der Waals surface area (Å²) in [7, 11) is 0. The number of carbonyl (C=O) groups excluding carboxylic acids is 1. The summed E-state index contributed by atoms with van der Waals surface area (Å²) in [4.78, 5) is 11.3. The smallest absolute Gasteiger partial charge is 0.222 e. The lowest BCUT2D eigenvalue weighted by atomic mass is 10.1. The fourth-order valence-electron chi connectivity index (χ4n) is 2.12. The van der Waals surface area contributed by atoms with Gasteiger partial charge in [-0.15, -0.1) is 0 Å². The molecule has 0 atom stereocenters. The molecule has 0 aromatic rings. The standard InChI is InChI=1S/C17H36N2O/c1-15(2)17(20)19-14-12-10-8-6-5-7-9-11-13-18-16(3)4/h15-16,18H,5-14H2,1-4H3,(H,19,20). The first-order valence-electron chi connectivity index (χ1n) is 8.55. The number of carbonyl (C=O) groups is 1. The highest BCUT2D eigenvalue weighted by atomic mass is 16.1. The van der Waals surface area contributed by atoms with Crippen LogP contribution in [0.5, 0.6) is 0 Å². The van der Waals surface area contributed by atoms with E-state index in [4.69, 9.17) is 0 Å². The van der Waals surface area contributed by atoms with Crippen LogP contribution in [0.25, 0.3) is 0 Å². The van der Waals surface area contributed by atoms with Crippen LogP contribution in [-0.2, 0) is 4.79 Å². The van der Waals surface area contributed by atoms with E-state index in [0.29, 0.717) is 6.04 Å². The van der Waals surface area contributed by atoms with Crippen LogP contribution in [0.2, 0.25) is 0 Å². The molecule has 1 amide bonds. The molecule has 120 valence electrons. The fraction of sp³-hybridized carbons (Fsp3) is 0.941. The van der Waals surface area contributed by atoms with Crippen LogP contribution in [0.15, 0.2) is 0 Å². The van der Waals surface area contributed by atoms with E-state index in [1.807, 2.05) is 13.8 Å². The summed E-state index contributed by atoms with van der Waals surface area (Å²) in [5.41, 5.74) is 0. The van der Waals surface area contributed by atoms with Crippen LogP contribution in [0.4, 0.5) is 0 Å². The highest BCUT2D eigenvalue weighted by Crippen LogP contribution is 2.08. The predicted octanol–water partition coefficient (Wildman–Crippen LogP) is 3.88. The predicted molar refractivity (Wildman–Crippen MR) is 87.9 cm³/mol. The van der Waals surface area contributed by atoms with Crippen molar-refractivity contribution >= 4 is 5.91 Å². The van der Waals surface area contributed by atoms with Gasteiger partial charge >= 0.3 is 0 Å². The fourth-order valence-corrected chi connectivity index (χ4v) is 2.12. The van der Waals surface area contributed by atoms with Crippen molar-refractivity contribution in [2.75, 3.05) is 13.1 Å². The van der Waals surface area contributed by atoms with Crippen molar-refractivity contribution in [2.24, 2.45) is 5.92 Å². The van der Waals surface area contributed by atoms with E-state index in [1.165, 1.54) is 44.9 Å². The molecule has 20 heavy (non-hydrogen) atoms. The van der Waals surface area contributed by atoms with Crippen LogP contribution in [0, 0.1) is 5.92 Å².